The molecule has 0 radical (unpaired) electrons. The minimum Gasteiger partial charge on any atom is -0.497 e. The summed E-state index contributed by atoms with van der Waals surface area (Å²) in [6.45, 7) is 5.90. The summed E-state index contributed by atoms with van der Waals surface area (Å²) in [4.78, 5) is 2.38. The number of methoxy groups -OCH3 is 1. The summed E-state index contributed by atoms with van der Waals surface area (Å²) in [5.74, 6) is 0.897. The number of morpholine rings is 1. The van der Waals surface area contributed by atoms with E-state index in [1.165, 1.54) is 5.56 Å². The lowest BCUT2D eigenvalue weighted by molar-refractivity contribution is -0.0612. The highest BCUT2D eigenvalue weighted by atomic mass is 16.5. The van der Waals surface area contributed by atoms with E-state index >= 15 is 0 Å². The van der Waals surface area contributed by atoms with Crippen molar-refractivity contribution in [3.63, 3.8) is 0 Å². The van der Waals surface area contributed by atoms with E-state index in [2.05, 4.69) is 36.3 Å². The van der Waals surface area contributed by atoms with Crippen LogP contribution in [0.5, 0.6) is 5.75 Å². The molecule has 1 aliphatic heterocycles. The quantitative estimate of drug-likeness (QED) is 0.808. The van der Waals surface area contributed by atoms with Crippen LogP contribution in [0.4, 0.5) is 0 Å². The molecule has 0 amide bonds. The molecule has 1 aliphatic rings. The summed E-state index contributed by atoms with van der Waals surface area (Å²) in [5.41, 5.74) is 1.29. The van der Waals surface area contributed by atoms with E-state index < -0.39 is 0 Å². The second-order valence-corrected chi connectivity index (χ2v) is 5.31. The van der Waals surface area contributed by atoms with Crippen molar-refractivity contribution in [3.8, 4) is 5.75 Å². The molecular weight excluding hydrogens is 252 g/mol. The Morgan fingerprint density at radius 2 is 2.10 bits per heavy atom. The fourth-order valence-electron chi connectivity index (χ4n) is 2.72. The molecule has 0 bridgehead atoms. The zero-order chi connectivity index (χ0) is 14.4. The normalized spacial score (nSPS) is 23.8. The number of ether oxygens (including phenoxy) is 2. The van der Waals surface area contributed by atoms with E-state index in [4.69, 9.17) is 9.47 Å². The van der Waals surface area contributed by atoms with Crippen molar-refractivity contribution < 1.29 is 9.47 Å². The van der Waals surface area contributed by atoms with Crippen molar-refractivity contribution in [3.05, 3.63) is 29.8 Å². The van der Waals surface area contributed by atoms with E-state index in [9.17, 15) is 0 Å². The number of nitrogens with one attached hydrogen (secondary N) is 1. The zero-order valence-corrected chi connectivity index (χ0v) is 12.8. The number of nitrogens with zero attached hydrogens (tertiary/aromatic N) is 1. The van der Waals surface area contributed by atoms with Crippen LogP contribution in [0.15, 0.2) is 24.3 Å². The number of benzene rings is 1. The first-order valence-corrected chi connectivity index (χ1v) is 7.42. The molecule has 1 fully saturated rings. The summed E-state index contributed by atoms with van der Waals surface area (Å²) < 4.78 is 11.2. The van der Waals surface area contributed by atoms with Crippen molar-refractivity contribution in [1.82, 2.24) is 10.2 Å². The van der Waals surface area contributed by atoms with Crippen molar-refractivity contribution in [1.29, 1.82) is 0 Å². The summed E-state index contributed by atoms with van der Waals surface area (Å²) in [6.07, 6.45) is 1.35. The lowest BCUT2D eigenvalue weighted by atomic mass is 9.98. The molecule has 4 heteroatoms. The minimum absolute atomic E-state index is 0.202. The minimum atomic E-state index is 0.202. The van der Waals surface area contributed by atoms with E-state index in [0.717, 1.165) is 38.4 Å². The van der Waals surface area contributed by atoms with Gasteiger partial charge in [0, 0.05) is 13.1 Å². The molecule has 1 saturated heterocycles. The Kier molecular flexibility index (Phi) is 5.83. The molecule has 0 spiro atoms. The Labute approximate surface area is 122 Å². The molecule has 2 unspecified atom stereocenters. The molecule has 112 valence electrons. The van der Waals surface area contributed by atoms with Gasteiger partial charge in [0.15, 0.2) is 0 Å². The maximum Gasteiger partial charge on any atom is 0.118 e. The predicted molar refractivity (Wildman–Crippen MR) is 81.3 cm³/mol. The Morgan fingerprint density at radius 1 is 1.35 bits per heavy atom. The van der Waals surface area contributed by atoms with Crippen molar-refractivity contribution in [2.45, 2.75) is 25.5 Å². The van der Waals surface area contributed by atoms with E-state index in [1.54, 1.807) is 7.11 Å². The van der Waals surface area contributed by atoms with Gasteiger partial charge >= 0.3 is 0 Å². The van der Waals surface area contributed by atoms with Gasteiger partial charge in [-0.3, -0.25) is 4.90 Å². The van der Waals surface area contributed by atoms with Gasteiger partial charge in [0.05, 0.1) is 25.9 Å². The Hall–Kier alpha value is -1.10. The van der Waals surface area contributed by atoms with Gasteiger partial charge < -0.3 is 14.8 Å². The summed E-state index contributed by atoms with van der Waals surface area (Å²) >= 11 is 0. The van der Waals surface area contributed by atoms with Crippen molar-refractivity contribution in [2.24, 2.45) is 0 Å². The molecule has 4 nitrogen and oxygen atoms in total. The van der Waals surface area contributed by atoms with Gasteiger partial charge in [0.25, 0.3) is 0 Å². The molecule has 0 saturated carbocycles. The highest BCUT2D eigenvalue weighted by Gasteiger charge is 2.31. The SMILES string of the molecule is CCCNCC1OCCN(C)C1c1ccc(OC)cc1. The van der Waals surface area contributed by atoms with Crippen LogP contribution in [0.3, 0.4) is 0 Å². The molecule has 1 heterocycles. The van der Waals surface area contributed by atoms with Gasteiger partial charge in [-0.05, 0) is 37.7 Å². The molecular formula is C16H26N2O2. The first kappa shape index (κ1) is 15.3. The topological polar surface area (TPSA) is 33.7 Å². The summed E-state index contributed by atoms with van der Waals surface area (Å²) in [5, 5.41) is 3.47. The molecule has 1 N–H and O–H groups in total. The maximum absolute atomic E-state index is 5.98. The zero-order valence-electron chi connectivity index (χ0n) is 12.8. The summed E-state index contributed by atoms with van der Waals surface area (Å²) in [7, 11) is 3.87. The smallest absolute Gasteiger partial charge is 0.118 e. The number of rotatable bonds is 6. The van der Waals surface area contributed by atoms with Gasteiger partial charge in [-0.15, -0.1) is 0 Å². The first-order chi connectivity index (χ1) is 9.76. The number of hydrogen-bond acceptors (Lipinski definition) is 4. The van der Waals surface area contributed by atoms with Crippen molar-refractivity contribution in [2.75, 3.05) is 40.4 Å². The predicted octanol–water partition coefficient (Wildman–Crippen LogP) is 2.07. The third kappa shape index (κ3) is 3.72. The Morgan fingerprint density at radius 3 is 2.75 bits per heavy atom. The van der Waals surface area contributed by atoms with E-state index in [0.29, 0.717) is 6.04 Å². The Bertz CT molecular complexity index is 394. The molecule has 1 aromatic rings. The molecule has 2 rings (SSSR count). The second-order valence-electron chi connectivity index (χ2n) is 5.31. The van der Waals surface area contributed by atoms with Crippen LogP contribution in [0.25, 0.3) is 0 Å². The highest BCUT2D eigenvalue weighted by Crippen LogP contribution is 2.29. The van der Waals surface area contributed by atoms with Crippen LogP contribution in [-0.4, -0.2) is 51.4 Å². The lowest BCUT2D eigenvalue weighted by Crippen LogP contribution is -2.47. The number of likely N-dealkylation sites (N-methyl/N-ethyl adjacent to an activating group) is 1. The highest BCUT2D eigenvalue weighted by molar-refractivity contribution is 5.30. The van der Waals surface area contributed by atoms with Gasteiger partial charge in [-0.2, -0.15) is 0 Å². The fraction of sp³-hybridized carbons (Fsp3) is 0.625. The largest absolute Gasteiger partial charge is 0.497 e. The van der Waals surface area contributed by atoms with Crippen LogP contribution < -0.4 is 10.1 Å². The van der Waals surface area contributed by atoms with Gasteiger partial charge in [-0.1, -0.05) is 19.1 Å². The standard InChI is InChI=1S/C16H26N2O2/c1-4-9-17-12-15-16(18(2)10-11-20-15)13-5-7-14(19-3)8-6-13/h5-8,15-17H,4,9-12H2,1-3H3. The average molecular weight is 278 g/mol. The van der Waals surface area contributed by atoms with Crippen LogP contribution in [0.1, 0.15) is 24.9 Å². The van der Waals surface area contributed by atoms with Crippen LogP contribution in [0, 0.1) is 0 Å². The molecule has 20 heavy (non-hydrogen) atoms. The fourth-order valence-corrected chi connectivity index (χ4v) is 2.72. The molecule has 0 aliphatic carbocycles. The van der Waals surface area contributed by atoms with Crippen LogP contribution in [-0.2, 0) is 4.74 Å². The van der Waals surface area contributed by atoms with Crippen LogP contribution in [0.2, 0.25) is 0 Å². The van der Waals surface area contributed by atoms with Gasteiger partial charge in [-0.25, -0.2) is 0 Å². The van der Waals surface area contributed by atoms with E-state index in [1.807, 2.05) is 12.1 Å². The third-order valence-corrected chi connectivity index (χ3v) is 3.83. The molecule has 2 atom stereocenters. The van der Waals surface area contributed by atoms with Gasteiger partial charge in [0.2, 0.25) is 0 Å². The molecule has 0 aromatic heterocycles. The average Bonchev–Trinajstić information content (AvgIpc) is 2.48. The molecule has 1 aromatic carbocycles. The van der Waals surface area contributed by atoms with Gasteiger partial charge in [0.1, 0.15) is 5.75 Å². The third-order valence-electron chi connectivity index (χ3n) is 3.83. The first-order valence-electron chi connectivity index (χ1n) is 7.42. The van der Waals surface area contributed by atoms with Crippen molar-refractivity contribution >= 4 is 0 Å². The lowest BCUT2D eigenvalue weighted by Gasteiger charge is -2.39. The number of hydrogen-bond donors (Lipinski definition) is 1. The van der Waals surface area contributed by atoms with Crippen LogP contribution >= 0.6 is 0 Å². The second kappa shape index (κ2) is 7.62. The monoisotopic (exact) mass is 278 g/mol. The summed E-state index contributed by atoms with van der Waals surface area (Å²) in [6, 6.07) is 8.63. The Balaban J connectivity index is 2.09. The van der Waals surface area contributed by atoms with E-state index in [-0.39, 0.29) is 6.10 Å². The maximum atomic E-state index is 5.98.